The van der Waals surface area contributed by atoms with Crippen molar-refractivity contribution in [3.63, 3.8) is 0 Å². The summed E-state index contributed by atoms with van der Waals surface area (Å²) in [6.45, 7) is 6.86. The lowest BCUT2D eigenvalue weighted by Gasteiger charge is -1.93. The van der Waals surface area contributed by atoms with Crippen LogP contribution in [0.2, 0.25) is 0 Å². The Hall–Kier alpha value is -1.53. The minimum Gasteiger partial charge on any atom is -0.493 e. The molecular formula is C12H15NO. The van der Waals surface area contributed by atoms with E-state index in [0.29, 0.717) is 0 Å². The molecule has 1 aliphatic rings. The number of ether oxygens (including phenoxy) is 1. The SMILES string of the molecule is C=C=NCC.c1ccc2c(c1)CCO2. The average molecular weight is 189 g/mol. The summed E-state index contributed by atoms with van der Waals surface area (Å²) in [5.74, 6) is 3.46. The zero-order valence-corrected chi connectivity index (χ0v) is 8.49. The minimum absolute atomic E-state index is 0.795. The summed E-state index contributed by atoms with van der Waals surface area (Å²) in [7, 11) is 0. The standard InChI is InChI=1S/C8H8O.C4H7N/c1-2-4-8-7(3-1)5-6-9-8;1-3-5-4-2/h1-4H,5-6H2;1,4H2,2H3. The molecule has 0 aromatic heterocycles. The quantitative estimate of drug-likeness (QED) is 0.622. The molecule has 2 nitrogen and oxygen atoms in total. The molecule has 0 fully saturated rings. The first-order valence-electron chi connectivity index (χ1n) is 4.77. The van der Waals surface area contributed by atoms with Gasteiger partial charge in [-0.15, -0.1) is 0 Å². The van der Waals surface area contributed by atoms with Gasteiger partial charge >= 0.3 is 0 Å². The topological polar surface area (TPSA) is 21.6 Å². The molecule has 1 heterocycles. The molecule has 1 aromatic carbocycles. The van der Waals surface area contributed by atoms with Crippen molar-refractivity contribution in [3.05, 3.63) is 36.4 Å². The van der Waals surface area contributed by atoms with E-state index >= 15 is 0 Å². The number of hydrogen-bond donors (Lipinski definition) is 0. The predicted molar refractivity (Wildman–Crippen MR) is 59.2 cm³/mol. The number of rotatable bonds is 1. The summed E-state index contributed by atoms with van der Waals surface area (Å²) in [5, 5.41) is 0. The van der Waals surface area contributed by atoms with Gasteiger partial charge in [0.15, 0.2) is 0 Å². The molecule has 1 aromatic rings. The second-order valence-corrected chi connectivity index (χ2v) is 2.84. The van der Waals surface area contributed by atoms with Crippen molar-refractivity contribution < 1.29 is 4.74 Å². The van der Waals surface area contributed by atoms with E-state index in [-0.39, 0.29) is 0 Å². The lowest BCUT2D eigenvalue weighted by atomic mass is 10.2. The molecular weight excluding hydrogens is 174 g/mol. The van der Waals surface area contributed by atoms with Gasteiger partial charge in [-0.1, -0.05) is 18.2 Å². The van der Waals surface area contributed by atoms with E-state index in [0.717, 1.165) is 25.3 Å². The summed E-state index contributed by atoms with van der Waals surface area (Å²) < 4.78 is 5.30. The van der Waals surface area contributed by atoms with E-state index in [4.69, 9.17) is 4.74 Å². The average Bonchev–Trinajstić information content (AvgIpc) is 2.67. The van der Waals surface area contributed by atoms with Crippen LogP contribution < -0.4 is 4.74 Å². The molecule has 74 valence electrons. The zero-order valence-electron chi connectivity index (χ0n) is 8.49. The fraction of sp³-hybridized carbons (Fsp3) is 0.333. The molecule has 0 atom stereocenters. The fourth-order valence-corrected chi connectivity index (χ4v) is 1.23. The van der Waals surface area contributed by atoms with Crippen LogP contribution in [0.5, 0.6) is 5.75 Å². The first-order chi connectivity index (χ1) is 6.88. The normalized spacial score (nSPS) is 11.5. The van der Waals surface area contributed by atoms with Crippen LogP contribution in [0, 0.1) is 0 Å². The highest BCUT2D eigenvalue weighted by Gasteiger charge is 2.08. The molecule has 0 saturated heterocycles. The largest absolute Gasteiger partial charge is 0.493 e. The highest BCUT2D eigenvalue weighted by molar-refractivity contribution is 5.46. The van der Waals surface area contributed by atoms with Crippen molar-refractivity contribution in [2.75, 3.05) is 13.2 Å². The summed E-state index contributed by atoms with van der Waals surface area (Å²) in [5.41, 5.74) is 1.34. The fourth-order valence-electron chi connectivity index (χ4n) is 1.23. The van der Waals surface area contributed by atoms with Crippen molar-refractivity contribution in [2.24, 2.45) is 4.99 Å². The monoisotopic (exact) mass is 189 g/mol. The summed E-state index contributed by atoms with van der Waals surface area (Å²) in [4.78, 5) is 3.61. The van der Waals surface area contributed by atoms with Crippen molar-refractivity contribution in [1.29, 1.82) is 0 Å². The van der Waals surface area contributed by atoms with Gasteiger partial charge in [0, 0.05) is 13.0 Å². The van der Waals surface area contributed by atoms with Crippen LogP contribution in [-0.4, -0.2) is 19.0 Å². The molecule has 0 unspecified atom stereocenters. The Morgan fingerprint density at radius 3 is 2.86 bits per heavy atom. The molecule has 2 heteroatoms. The van der Waals surface area contributed by atoms with Crippen LogP contribution in [0.3, 0.4) is 0 Å². The molecule has 0 N–H and O–H groups in total. The Morgan fingerprint density at radius 2 is 2.29 bits per heavy atom. The van der Waals surface area contributed by atoms with Gasteiger partial charge < -0.3 is 4.74 Å². The number of aliphatic imine (C=N–C) groups is 1. The number of hydrogen-bond acceptors (Lipinski definition) is 2. The van der Waals surface area contributed by atoms with Gasteiger partial charge in [0.2, 0.25) is 0 Å². The van der Waals surface area contributed by atoms with Crippen LogP contribution in [0.25, 0.3) is 0 Å². The Morgan fingerprint density at radius 1 is 1.50 bits per heavy atom. The Bertz CT molecular complexity index is 304. The summed E-state index contributed by atoms with van der Waals surface area (Å²) >= 11 is 0. The maximum absolute atomic E-state index is 5.30. The van der Waals surface area contributed by atoms with E-state index in [1.807, 2.05) is 25.1 Å². The first kappa shape index (κ1) is 10.6. The van der Waals surface area contributed by atoms with E-state index in [9.17, 15) is 0 Å². The lowest BCUT2D eigenvalue weighted by Crippen LogP contribution is -1.85. The number of fused-ring (bicyclic) bond motifs is 1. The minimum atomic E-state index is 0.795. The predicted octanol–water partition coefficient (Wildman–Crippen LogP) is 2.48. The smallest absolute Gasteiger partial charge is 0.122 e. The van der Waals surface area contributed by atoms with Crippen LogP contribution in [0.4, 0.5) is 0 Å². The van der Waals surface area contributed by atoms with Crippen LogP contribution in [-0.2, 0) is 6.42 Å². The van der Waals surface area contributed by atoms with E-state index in [2.05, 4.69) is 23.5 Å². The summed E-state index contributed by atoms with van der Waals surface area (Å²) in [6.07, 6.45) is 1.08. The van der Waals surface area contributed by atoms with Crippen LogP contribution in [0.15, 0.2) is 35.8 Å². The molecule has 0 aliphatic carbocycles. The molecule has 0 bridgehead atoms. The molecule has 0 amide bonds. The third-order valence-electron chi connectivity index (χ3n) is 1.87. The number of para-hydroxylation sites is 1. The van der Waals surface area contributed by atoms with Gasteiger partial charge in [0.1, 0.15) is 5.75 Å². The molecule has 14 heavy (non-hydrogen) atoms. The molecule has 0 saturated carbocycles. The second-order valence-electron chi connectivity index (χ2n) is 2.84. The molecule has 2 rings (SSSR count). The van der Waals surface area contributed by atoms with Gasteiger partial charge in [-0.05, 0) is 31.0 Å². The maximum atomic E-state index is 5.30. The Labute approximate surface area is 84.9 Å². The third kappa shape index (κ3) is 3.08. The van der Waals surface area contributed by atoms with Gasteiger partial charge in [-0.3, -0.25) is 0 Å². The Balaban J connectivity index is 0.000000171. The molecule has 0 spiro atoms. The van der Waals surface area contributed by atoms with Gasteiger partial charge in [-0.2, -0.15) is 0 Å². The van der Waals surface area contributed by atoms with Crippen molar-refractivity contribution in [2.45, 2.75) is 13.3 Å². The summed E-state index contributed by atoms with van der Waals surface area (Å²) in [6, 6.07) is 8.18. The highest BCUT2D eigenvalue weighted by Crippen LogP contribution is 2.23. The number of nitrogens with zero attached hydrogens (tertiary/aromatic N) is 1. The van der Waals surface area contributed by atoms with Gasteiger partial charge in [0.05, 0.1) is 6.61 Å². The lowest BCUT2D eigenvalue weighted by molar-refractivity contribution is 0.357. The van der Waals surface area contributed by atoms with Crippen molar-refractivity contribution in [3.8, 4) is 5.75 Å². The molecule has 1 aliphatic heterocycles. The first-order valence-corrected chi connectivity index (χ1v) is 4.77. The van der Waals surface area contributed by atoms with Crippen molar-refractivity contribution >= 4 is 5.87 Å². The zero-order chi connectivity index (χ0) is 10.2. The van der Waals surface area contributed by atoms with E-state index < -0.39 is 0 Å². The maximum Gasteiger partial charge on any atom is 0.122 e. The second kappa shape index (κ2) is 6.01. The van der Waals surface area contributed by atoms with Crippen LogP contribution >= 0.6 is 0 Å². The van der Waals surface area contributed by atoms with Gasteiger partial charge in [-0.25, -0.2) is 4.99 Å². The van der Waals surface area contributed by atoms with E-state index in [1.54, 1.807) is 0 Å². The van der Waals surface area contributed by atoms with Crippen LogP contribution in [0.1, 0.15) is 12.5 Å². The third-order valence-corrected chi connectivity index (χ3v) is 1.87. The van der Waals surface area contributed by atoms with E-state index in [1.165, 1.54) is 5.56 Å². The molecule has 0 radical (unpaired) electrons. The van der Waals surface area contributed by atoms with Gasteiger partial charge in [0.25, 0.3) is 0 Å². The number of benzene rings is 1. The Kier molecular flexibility index (Phi) is 4.53. The van der Waals surface area contributed by atoms with Crippen molar-refractivity contribution in [1.82, 2.24) is 0 Å². The highest BCUT2D eigenvalue weighted by atomic mass is 16.5.